The zero-order valence-electron chi connectivity index (χ0n) is 10.6. The van der Waals surface area contributed by atoms with Crippen LogP contribution in [0.2, 0.25) is 0 Å². The normalized spacial score (nSPS) is 10.4. The summed E-state index contributed by atoms with van der Waals surface area (Å²) < 4.78 is 0. The third-order valence-electron chi connectivity index (χ3n) is 2.79. The van der Waals surface area contributed by atoms with E-state index in [9.17, 15) is 0 Å². The Bertz CT molecular complexity index is 499. The first kappa shape index (κ1) is 13.5. The van der Waals surface area contributed by atoms with Crippen molar-refractivity contribution in [3.05, 3.63) is 42.7 Å². The largest absolute Gasteiger partial charge is 0.395 e. The number of benzene rings is 1. The van der Waals surface area contributed by atoms with E-state index in [-0.39, 0.29) is 13.2 Å². The second-order valence-electron chi connectivity index (χ2n) is 4.06. The van der Waals surface area contributed by atoms with E-state index in [1.165, 1.54) is 6.33 Å². The Balaban J connectivity index is 2.27. The van der Waals surface area contributed by atoms with E-state index in [1.807, 2.05) is 41.3 Å². The fourth-order valence-corrected chi connectivity index (χ4v) is 1.87. The lowest BCUT2D eigenvalue weighted by molar-refractivity contribution is 0.280. The number of aliphatic hydroxyl groups excluding tert-OH is 2. The Hall–Kier alpha value is -1.98. The minimum absolute atomic E-state index is 0.0185. The van der Waals surface area contributed by atoms with Crippen LogP contribution in [0.25, 0.3) is 11.3 Å². The molecule has 2 aromatic rings. The number of rotatable bonds is 6. The van der Waals surface area contributed by atoms with Gasteiger partial charge in [0.05, 0.1) is 18.9 Å². The van der Waals surface area contributed by atoms with Gasteiger partial charge in [-0.05, 0) is 0 Å². The van der Waals surface area contributed by atoms with Gasteiger partial charge in [0.25, 0.3) is 0 Å². The van der Waals surface area contributed by atoms with Crippen molar-refractivity contribution in [2.45, 2.75) is 0 Å². The zero-order valence-corrected chi connectivity index (χ0v) is 10.6. The molecule has 1 aromatic carbocycles. The first-order valence-corrected chi connectivity index (χ1v) is 6.19. The Labute approximate surface area is 112 Å². The molecule has 0 unspecified atom stereocenters. The van der Waals surface area contributed by atoms with Crippen molar-refractivity contribution in [1.29, 1.82) is 0 Å². The van der Waals surface area contributed by atoms with Crippen molar-refractivity contribution in [3.8, 4) is 11.3 Å². The highest BCUT2D eigenvalue weighted by atomic mass is 16.3. The van der Waals surface area contributed by atoms with Crippen LogP contribution < -0.4 is 4.90 Å². The van der Waals surface area contributed by atoms with Crippen molar-refractivity contribution in [3.63, 3.8) is 0 Å². The topological polar surface area (TPSA) is 69.5 Å². The van der Waals surface area contributed by atoms with Crippen LogP contribution in [0, 0.1) is 0 Å². The number of hydrogen-bond donors (Lipinski definition) is 2. The van der Waals surface area contributed by atoms with E-state index >= 15 is 0 Å². The predicted molar refractivity (Wildman–Crippen MR) is 73.9 cm³/mol. The molecule has 19 heavy (non-hydrogen) atoms. The van der Waals surface area contributed by atoms with Crippen LogP contribution >= 0.6 is 0 Å². The zero-order chi connectivity index (χ0) is 13.5. The Morgan fingerprint density at radius 2 is 1.63 bits per heavy atom. The fraction of sp³-hybridized carbons (Fsp3) is 0.286. The molecule has 0 bridgehead atoms. The van der Waals surface area contributed by atoms with E-state index in [1.54, 1.807) is 0 Å². The lowest BCUT2D eigenvalue weighted by Gasteiger charge is -2.21. The molecule has 5 heteroatoms. The summed E-state index contributed by atoms with van der Waals surface area (Å²) in [6.45, 7) is 0.910. The predicted octanol–water partition coefficient (Wildman–Crippen LogP) is 0.935. The fourth-order valence-electron chi connectivity index (χ4n) is 1.87. The smallest absolute Gasteiger partial charge is 0.132 e. The van der Waals surface area contributed by atoms with Crippen LogP contribution in [-0.2, 0) is 0 Å². The molecule has 2 rings (SSSR count). The monoisotopic (exact) mass is 259 g/mol. The van der Waals surface area contributed by atoms with Crippen LogP contribution in [-0.4, -0.2) is 46.5 Å². The Kier molecular flexibility index (Phi) is 4.83. The van der Waals surface area contributed by atoms with Crippen molar-refractivity contribution >= 4 is 5.82 Å². The summed E-state index contributed by atoms with van der Waals surface area (Å²) in [5.41, 5.74) is 1.84. The van der Waals surface area contributed by atoms with Crippen molar-refractivity contribution in [2.75, 3.05) is 31.2 Å². The summed E-state index contributed by atoms with van der Waals surface area (Å²) in [7, 11) is 0. The molecule has 100 valence electrons. The number of aromatic nitrogens is 2. The molecule has 2 N–H and O–H groups in total. The van der Waals surface area contributed by atoms with E-state index in [0.29, 0.717) is 18.9 Å². The summed E-state index contributed by atoms with van der Waals surface area (Å²) in [6, 6.07) is 11.7. The highest BCUT2D eigenvalue weighted by Gasteiger charge is 2.08. The molecule has 0 aliphatic heterocycles. The second-order valence-corrected chi connectivity index (χ2v) is 4.06. The van der Waals surface area contributed by atoms with Crippen LogP contribution in [0.4, 0.5) is 5.82 Å². The van der Waals surface area contributed by atoms with E-state index in [2.05, 4.69) is 9.97 Å². The molecule has 0 radical (unpaired) electrons. The van der Waals surface area contributed by atoms with Gasteiger partial charge in [-0.1, -0.05) is 30.3 Å². The van der Waals surface area contributed by atoms with Gasteiger partial charge in [0, 0.05) is 24.7 Å². The van der Waals surface area contributed by atoms with Crippen LogP contribution in [0.5, 0.6) is 0 Å². The Morgan fingerprint density at radius 1 is 0.947 bits per heavy atom. The van der Waals surface area contributed by atoms with E-state index in [0.717, 1.165) is 11.3 Å². The average molecular weight is 259 g/mol. The van der Waals surface area contributed by atoms with Crippen LogP contribution in [0.3, 0.4) is 0 Å². The number of anilines is 1. The van der Waals surface area contributed by atoms with Gasteiger partial charge >= 0.3 is 0 Å². The van der Waals surface area contributed by atoms with Crippen LogP contribution in [0.15, 0.2) is 42.7 Å². The first-order chi connectivity index (χ1) is 9.35. The van der Waals surface area contributed by atoms with Crippen LogP contribution in [0.1, 0.15) is 0 Å². The van der Waals surface area contributed by atoms with Crippen molar-refractivity contribution < 1.29 is 10.2 Å². The minimum Gasteiger partial charge on any atom is -0.395 e. The van der Waals surface area contributed by atoms with E-state index < -0.39 is 0 Å². The lowest BCUT2D eigenvalue weighted by atomic mass is 10.1. The summed E-state index contributed by atoms with van der Waals surface area (Å²) >= 11 is 0. The molecule has 0 amide bonds. The Morgan fingerprint density at radius 3 is 2.26 bits per heavy atom. The molecule has 5 nitrogen and oxygen atoms in total. The summed E-state index contributed by atoms with van der Waals surface area (Å²) in [4.78, 5) is 10.3. The molecule has 1 aromatic heterocycles. The first-order valence-electron chi connectivity index (χ1n) is 6.19. The quantitative estimate of drug-likeness (QED) is 0.808. The molecule has 0 saturated carbocycles. The maximum Gasteiger partial charge on any atom is 0.132 e. The van der Waals surface area contributed by atoms with Crippen molar-refractivity contribution in [1.82, 2.24) is 9.97 Å². The van der Waals surface area contributed by atoms with E-state index in [4.69, 9.17) is 10.2 Å². The molecule has 0 spiro atoms. The molecule has 0 atom stereocenters. The number of hydrogen-bond acceptors (Lipinski definition) is 5. The van der Waals surface area contributed by atoms with Gasteiger partial charge in [-0.25, -0.2) is 9.97 Å². The highest BCUT2D eigenvalue weighted by molar-refractivity contribution is 5.62. The van der Waals surface area contributed by atoms with Gasteiger partial charge in [-0.3, -0.25) is 0 Å². The van der Waals surface area contributed by atoms with Gasteiger partial charge < -0.3 is 15.1 Å². The molecule has 0 fully saturated rings. The van der Waals surface area contributed by atoms with Gasteiger partial charge in [0.2, 0.25) is 0 Å². The summed E-state index contributed by atoms with van der Waals surface area (Å²) in [5.74, 6) is 0.706. The van der Waals surface area contributed by atoms with Gasteiger partial charge in [-0.15, -0.1) is 0 Å². The minimum atomic E-state index is 0.0185. The molecule has 0 saturated heterocycles. The lowest BCUT2D eigenvalue weighted by Crippen LogP contribution is -2.30. The standard InChI is InChI=1S/C14H17N3O2/c18-8-6-17(7-9-19)14-10-13(15-11-16-14)12-4-2-1-3-5-12/h1-5,10-11,18-19H,6-9H2. The number of aliphatic hydroxyl groups is 2. The van der Waals surface area contributed by atoms with Gasteiger partial charge in [0.1, 0.15) is 12.1 Å². The maximum absolute atomic E-state index is 9.04. The number of nitrogens with zero attached hydrogens (tertiary/aromatic N) is 3. The van der Waals surface area contributed by atoms with Gasteiger partial charge in [0.15, 0.2) is 0 Å². The second kappa shape index (κ2) is 6.82. The molecule has 0 aliphatic carbocycles. The average Bonchev–Trinajstić information content (AvgIpc) is 2.48. The van der Waals surface area contributed by atoms with Crippen molar-refractivity contribution in [2.24, 2.45) is 0 Å². The molecular formula is C14H17N3O2. The SMILES string of the molecule is OCCN(CCO)c1cc(-c2ccccc2)ncn1. The van der Waals surface area contributed by atoms with Gasteiger partial charge in [-0.2, -0.15) is 0 Å². The third-order valence-corrected chi connectivity index (χ3v) is 2.79. The molecule has 1 heterocycles. The highest BCUT2D eigenvalue weighted by Crippen LogP contribution is 2.20. The molecule has 0 aliphatic rings. The summed E-state index contributed by atoms with van der Waals surface area (Å²) in [6.07, 6.45) is 1.50. The maximum atomic E-state index is 9.04. The third kappa shape index (κ3) is 3.49. The molecular weight excluding hydrogens is 242 g/mol. The summed E-state index contributed by atoms with van der Waals surface area (Å²) in [5, 5.41) is 18.1.